The number of nitrogens with two attached hydrogens (primary N) is 1. The van der Waals surface area contributed by atoms with Gasteiger partial charge in [-0.3, -0.25) is 4.79 Å². The van der Waals surface area contributed by atoms with Gasteiger partial charge in [0, 0.05) is 24.2 Å². The number of amides is 1. The van der Waals surface area contributed by atoms with E-state index < -0.39 is 11.9 Å². The molecule has 0 aliphatic rings. The predicted octanol–water partition coefficient (Wildman–Crippen LogP) is 2.14. The summed E-state index contributed by atoms with van der Waals surface area (Å²) in [6, 6.07) is 4.07. The van der Waals surface area contributed by atoms with E-state index in [0.29, 0.717) is 17.9 Å². The molecule has 0 aromatic heterocycles. The van der Waals surface area contributed by atoms with Gasteiger partial charge in [-0.1, -0.05) is 13.0 Å². The second-order valence-electron chi connectivity index (χ2n) is 4.52. The Balaban J connectivity index is 2.67. The predicted molar refractivity (Wildman–Crippen MR) is 72.4 cm³/mol. The average molecular weight is 268 g/mol. The van der Waals surface area contributed by atoms with Gasteiger partial charge in [-0.05, 0) is 26.3 Å². The highest BCUT2D eigenvalue weighted by Gasteiger charge is 2.15. The summed E-state index contributed by atoms with van der Waals surface area (Å²) >= 11 is 0. The molecule has 4 nitrogen and oxygen atoms in total. The van der Waals surface area contributed by atoms with Crippen molar-refractivity contribution in [2.45, 2.75) is 39.3 Å². The molecular weight excluding hydrogens is 247 g/mol. The number of halogens is 1. The Bertz CT molecular complexity index is 435. The molecule has 3 N–H and O–H groups in total. The molecule has 19 heavy (non-hydrogen) atoms. The Labute approximate surface area is 113 Å². The van der Waals surface area contributed by atoms with Crippen molar-refractivity contribution in [2.24, 2.45) is 5.73 Å². The zero-order valence-corrected chi connectivity index (χ0v) is 11.6. The molecule has 1 rings (SSSR count). The Hall–Kier alpha value is -1.62. The maximum atomic E-state index is 13.7. The third-order valence-corrected chi connectivity index (χ3v) is 2.69. The van der Waals surface area contributed by atoms with Gasteiger partial charge in [0.05, 0.1) is 0 Å². The second kappa shape index (κ2) is 7.09. The topological polar surface area (TPSA) is 64.3 Å². The molecule has 0 radical (unpaired) electrons. The number of nitrogens with one attached hydrogen (secondary N) is 1. The van der Waals surface area contributed by atoms with Crippen LogP contribution in [0, 0.1) is 5.82 Å². The minimum absolute atomic E-state index is 0.210. The number of ether oxygens (including phenoxy) is 1. The van der Waals surface area contributed by atoms with Crippen molar-refractivity contribution < 1.29 is 13.9 Å². The normalized spacial score (nSPS) is 13.7. The second-order valence-corrected chi connectivity index (χ2v) is 4.52. The Morgan fingerprint density at radius 3 is 2.68 bits per heavy atom. The first-order valence-corrected chi connectivity index (χ1v) is 6.45. The van der Waals surface area contributed by atoms with Crippen molar-refractivity contribution in [3.05, 3.63) is 29.6 Å². The Morgan fingerprint density at radius 2 is 2.16 bits per heavy atom. The lowest BCUT2D eigenvalue weighted by molar-refractivity contribution is -0.127. The molecule has 0 fully saturated rings. The van der Waals surface area contributed by atoms with Crippen LogP contribution in [0.25, 0.3) is 0 Å². The minimum Gasteiger partial charge on any atom is -0.481 e. The van der Waals surface area contributed by atoms with Crippen LogP contribution in [-0.4, -0.2) is 18.6 Å². The summed E-state index contributed by atoms with van der Waals surface area (Å²) in [4.78, 5) is 11.6. The van der Waals surface area contributed by atoms with Gasteiger partial charge in [-0.2, -0.15) is 0 Å². The number of hydrogen-bond acceptors (Lipinski definition) is 3. The summed E-state index contributed by atoms with van der Waals surface area (Å²) < 4.78 is 19.1. The third-order valence-electron chi connectivity index (χ3n) is 2.69. The van der Waals surface area contributed by atoms with Crippen molar-refractivity contribution >= 4 is 5.91 Å². The molecule has 0 aliphatic carbocycles. The summed E-state index contributed by atoms with van der Waals surface area (Å²) in [7, 11) is 0. The number of benzene rings is 1. The van der Waals surface area contributed by atoms with Gasteiger partial charge >= 0.3 is 0 Å². The molecule has 0 saturated carbocycles. The van der Waals surface area contributed by atoms with Crippen molar-refractivity contribution in [1.82, 2.24) is 5.32 Å². The van der Waals surface area contributed by atoms with Gasteiger partial charge in [-0.25, -0.2) is 4.39 Å². The molecule has 2 unspecified atom stereocenters. The van der Waals surface area contributed by atoms with E-state index in [1.165, 1.54) is 6.07 Å². The summed E-state index contributed by atoms with van der Waals surface area (Å²) in [5.74, 6) is -0.312. The molecule has 0 spiro atoms. The van der Waals surface area contributed by atoms with Crippen LogP contribution in [0.4, 0.5) is 4.39 Å². The fraction of sp³-hybridized carbons (Fsp3) is 0.500. The maximum Gasteiger partial charge on any atom is 0.260 e. The molecule has 1 amide bonds. The number of carbonyl (C=O) groups is 1. The van der Waals surface area contributed by atoms with Gasteiger partial charge in [0.1, 0.15) is 11.6 Å². The molecule has 2 atom stereocenters. The van der Waals surface area contributed by atoms with Crippen LogP contribution in [0.5, 0.6) is 5.75 Å². The number of hydrogen-bond donors (Lipinski definition) is 2. The lowest BCUT2D eigenvalue weighted by atomic mass is 10.1. The van der Waals surface area contributed by atoms with E-state index in [0.717, 1.165) is 6.42 Å². The van der Waals surface area contributed by atoms with Gasteiger partial charge in [-0.15, -0.1) is 0 Å². The van der Waals surface area contributed by atoms with Gasteiger partial charge < -0.3 is 15.8 Å². The largest absolute Gasteiger partial charge is 0.481 e. The van der Waals surface area contributed by atoms with Crippen molar-refractivity contribution in [2.75, 3.05) is 6.54 Å². The highest BCUT2D eigenvalue weighted by atomic mass is 19.1. The van der Waals surface area contributed by atoms with E-state index in [-0.39, 0.29) is 11.9 Å². The Kier molecular flexibility index (Phi) is 5.76. The van der Waals surface area contributed by atoms with E-state index in [4.69, 9.17) is 10.5 Å². The van der Waals surface area contributed by atoms with Crippen LogP contribution < -0.4 is 15.8 Å². The monoisotopic (exact) mass is 268 g/mol. The summed E-state index contributed by atoms with van der Waals surface area (Å²) in [6.45, 7) is 5.90. The summed E-state index contributed by atoms with van der Waals surface area (Å²) in [5, 5.41) is 2.72. The molecule has 106 valence electrons. The summed E-state index contributed by atoms with van der Waals surface area (Å²) in [6.07, 6.45) is 0.197. The standard InChI is InChI=1S/C14H21FN2O2/c1-4-7-17-14(18)10(3)19-11-5-6-12(9(2)16)13(15)8-11/h5-6,8-10H,4,7,16H2,1-3H3,(H,17,18). The maximum absolute atomic E-state index is 13.7. The molecule has 1 aromatic carbocycles. The quantitative estimate of drug-likeness (QED) is 0.830. The van der Waals surface area contributed by atoms with Crippen LogP contribution in [0.1, 0.15) is 38.8 Å². The van der Waals surface area contributed by atoms with Gasteiger partial charge in [0.25, 0.3) is 5.91 Å². The number of rotatable bonds is 6. The first-order chi connectivity index (χ1) is 8.95. The van der Waals surface area contributed by atoms with Crippen LogP contribution >= 0.6 is 0 Å². The Morgan fingerprint density at radius 1 is 1.47 bits per heavy atom. The van der Waals surface area contributed by atoms with E-state index in [1.807, 2.05) is 6.92 Å². The lowest BCUT2D eigenvalue weighted by Gasteiger charge is -2.15. The van der Waals surface area contributed by atoms with Crippen molar-refractivity contribution in [3.63, 3.8) is 0 Å². The first-order valence-electron chi connectivity index (χ1n) is 6.45. The van der Waals surface area contributed by atoms with Crippen LogP contribution in [0.3, 0.4) is 0 Å². The van der Waals surface area contributed by atoms with E-state index >= 15 is 0 Å². The fourth-order valence-electron chi connectivity index (χ4n) is 1.60. The average Bonchev–Trinajstić information content (AvgIpc) is 2.35. The number of carbonyl (C=O) groups excluding carboxylic acids is 1. The third kappa shape index (κ3) is 4.52. The van der Waals surface area contributed by atoms with E-state index in [1.54, 1.807) is 26.0 Å². The van der Waals surface area contributed by atoms with Gasteiger partial charge in [0.15, 0.2) is 6.10 Å². The summed E-state index contributed by atoms with van der Waals surface area (Å²) in [5.41, 5.74) is 6.05. The van der Waals surface area contributed by atoms with E-state index in [9.17, 15) is 9.18 Å². The highest BCUT2D eigenvalue weighted by Crippen LogP contribution is 2.21. The zero-order chi connectivity index (χ0) is 14.4. The van der Waals surface area contributed by atoms with Crippen molar-refractivity contribution in [1.29, 1.82) is 0 Å². The highest BCUT2D eigenvalue weighted by molar-refractivity contribution is 5.80. The zero-order valence-electron chi connectivity index (χ0n) is 11.6. The first kappa shape index (κ1) is 15.4. The smallest absolute Gasteiger partial charge is 0.260 e. The molecular formula is C14H21FN2O2. The molecule has 0 saturated heterocycles. The SMILES string of the molecule is CCCNC(=O)C(C)Oc1ccc(C(C)N)c(F)c1. The molecule has 0 aliphatic heterocycles. The molecule has 1 aromatic rings. The molecule has 0 heterocycles. The fourth-order valence-corrected chi connectivity index (χ4v) is 1.60. The van der Waals surface area contributed by atoms with E-state index in [2.05, 4.69) is 5.32 Å². The molecule has 0 bridgehead atoms. The van der Waals surface area contributed by atoms with Crippen molar-refractivity contribution in [3.8, 4) is 5.75 Å². The minimum atomic E-state index is -0.660. The van der Waals surface area contributed by atoms with Crippen LogP contribution in [0.2, 0.25) is 0 Å². The van der Waals surface area contributed by atoms with Crippen LogP contribution in [-0.2, 0) is 4.79 Å². The van der Waals surface area contributed by atoms with Crippen LogP contribution in [0.15, 0.2) is 18.2 Å². The molecule has 5 heteroatoms. The van der Waals surface area contributed by atoms with Gasteiger partial charge in [0.2, 0.25) is 0 Å². The lowest BCUT2D eigenvalue weighted by Crippen LogP contribution is -2.36.